The summed E-state index contributed by atoms with van der Waals surface area (Å²) in [5, 5.41) is 6.58. The molecule has 2 N–H and O–H groups in total. The number of nitrogens with one attached hydrogen (secondary N) is 2. The second kappa shape index (κ2) is 5.84. The Morgan fingerprint density at radius 2 is 1.42 bits per heavy atom. The Labute approximate surface area is 156 Å². The van der Waals surface area contributed by atoms with Gasteiger partial charge in [-0.2, -0.15) is 4.31 Å². The van der Waals surface area contributed by atoms with E-state index in [1.807, 2.05) is 0 Å². The van der Waals surface area contributed by atoms with Gasteiger partial charge in [0.05, 0.1) is 6.26 Å². The van der Waals surface area contributed by atoms with E-state index in [-0.39, 0.29) is 29.7 Å². The number of rotatable bonds is 3. The van der Waals surface area contributed by atoms with Gasteiger partial charge in [0.15, 0.2) is 0 Å². The summed E-state index contributed by atoms with van der Waals surface area (Å²) < 4.78 is 25.7. The zero-order valence-corrected chi connectivity index (χ0v) is 16.4. The molecule has 0 spiro atoms. The fraction of sp³-hybridized carbons (Fsp3) is 0.947. The molecule has 26 heavy (non-hydrogen) atoms. The molecular formula is C19H31N3O3S. The molecule has 6 fully saturated rings. The predicted molar refractivity (Wildman–Crippen MR) is 99.1 cm³/mol. The summed E-state index contributed by atoms with van der Waals surface area (Å²) in [6, 6.07) is 0.200. The summed E-state index contributed by atoms with van der Waals surface area (Å²) in [7, 11) is -3.14. The number of fused-ring (bicyclic) bond motifs is 2. The molecule has 2 heterocycles. The molecule has 4 saturated carbocycles. The van der Waals surface area contributed by atoms with Crippen LogP contribution in [0, 0.1) is 17.8 Å². The maximum Gasteiger partial charge on any atom is 0.315 e. The topological polar surface area (TPSA) is 78.5 Å². The molecule has 7 heteroatoms. The van der Waals surface area contributed by atoms with Crippen molar-refractivity contribution in [2.75, 3.05) is 6.26 Å². The first-order valence-corrected chi connectivity index (χ1v) is 12.2. The maximum atomic E-state index is 12.8. The van der Waals surface area contributed by atoms with E-state index in [4.69, 9.17) is 0 Å². The first-order chi connectivity index (χ1) is 12.3. The first kappa shape index (κ1) is 17.3. The third-order valence-electron chi connectivity index (χ3n) is 7.80. The zero-order valence-electron chi connectivity index (χ0n) is 15.6. The number of urea groups is 1. The predicted octanol–water partition coefficient (Wildman–Crippen LogP) is 2.21. The summed E-state index contributed by atoms with van der Waals surface area (Å²) in [5.41, 5.74) is 0.0330. The van der Waals surface area contributed by atoms with E-state index >= 15 is 0 Å². The van der Waals surface area contributed by atoms with Gasteiger partial charge in [-0.05, 0) is 82.0 Å². The molecule has 6 nitrogen and oxygen atoms in total. The maximum absolute atomic E-state index is 12.8. The van der Waals surface area contributed by atoms with Gasteiger partial charge in [0, 0.05) is 23.7 Å². The van der Waals surface area contributed by atoms with Gasteiger partial charge in [-0.15, -0.1) is 0 Å². The van der Waals surface area contributed by atoms with Crippen molar-refractivity contribution in [3.63, 3.8) is 0 Å². The molecule has 6 aliphatic rings. The van der Waals surface area contributed by atoms with E-state index < -0.39 is 10.0 Å². The Hall–Kier alpha value is -0.820. The molecule has 146 valence electrons. The molecule has 6 bridgehead atoms. The van der Waals surface area contributed by atoms with Crippen molar-refractivity contribution < 1.29 is 13.2 Å². The average Bonchev–Trinajstić information content (AvgIpc) is 2.77. The number of hydrogen-bond acceptors (Lipinski definition) is 3. The number of carbonyl (C=O) groups is 1. The number of amides is 2. The molecule has 2 aliphatic heterocycles. The van der Waals surface area contributed by atoms with Gasteiger partial charge < -0.3 is 10.6 Å². The van der Waals surface area contributed by atoms with Crippen molar-refractivity contribution >= 4 is 16.1 Å². The zero-order chi connectivity index (χ0) is 18.1. The lowest BCUT2D eigenvalue weighted by molar-refractivity contribution is -0.0137. The van der Waals surface area contributed by atoms with E-state index in [1.54, 1.807) is 4.31 Å². The van der Waals surface area contributed by atoms with Crippen molar-refractivity contribution in [1.29, 1.82) is 0 Å². The quantitative estimate of drug-likeness (QED) is 0.787. The lowest BCUT2D eigenvalue weighted by Crippen LogP contribution is -2.63. The van der Waals surface area contributed by atoms with Crippen LogP contribution >= 0.6 is 0 Å². The van der Waals surface area contributed by atoms with Gasteiger partial charge in [-0.3, -0.25) is 0 Å². The third-order valence-corrected chi connectivity index (χ3v) is 9.16. The Kier molecular flexibility index (Phi) is 3.88. The number of sulfonamides is 1. The lowest BCUT2D eigenvalue weighted by Gasteiger charge is -2.56. The van der Waals surface area contributed by atoms with Crippen molar-refractivity contribution in [1.82, 2.24) is 14.9 Å². The minimum Gasteiger partial charge on any atom is -0.335 e. The molecule has 2 atom stereocenters. The van der Waals surface area contributed by atoms with Crippen LogP contribution in [0.3, 0.4) is 0 Å². The summed E-state index contributed by atoms with van der Waals surface area (Å²) in [6.45, 7) is 0. The minimum atomic E-state index is -3.14. The van der Waals surface area contributed by atoms with E-state index in [0.717, 1.165) is 62.7 Å². The molecule has 2 unspecified atom stereocenters. The minimum absolute atomic E-state index is 0.0239. The molecular weight excluding hydrogens is 350 g/mol. The Morgan fingerprint density at radius 3 is 1.88 bits per heavy atom. The fourth-order valence-corrected chi connectivity index (χ4v) is 8.99. The Balaban J connectivity index is 1.21. The van der Waals surface area contributed by atoms with Crippen LogP contribution in [-0.4, -0.2) is 48.7 Å². The van der Waals surface area contributed by atoms with Gasteiger partial charge >= 0.3 is 6.03 Å². The standard InChI is InChI=1S/C19H31N3O3S/c1-26(24,25)22-16-2-3-17(22)8-15(7-16)20-18(23)21-19-9-12-4-13(10-19)6-14(5-12)11-19/h12-17H,2-11H2,1H3,(H2,20,21,23). The SMILES string of the molecule is CS(=O)(=O)N1C2CCC1CC(NC(=O)NC13CC4CC(CC(C4)C1)C3)C2. The Morgan fingerprint density at radius 1 is 0.923 bits per heavy atom. The third kappa shape index (κ3) is 2.95. The first-order valence-electron chi connectivity index (χ1n) is 10.4. The van der Waals surface area contributed by atoms with Gasteiger partial charge in [-0.1, -0.05) is 0 Å². The molecule has 2 amide bonds. The number of carbonyl (C=O) groups excluding carboxylic acids is 1. The molecule has 0 radical (unpaired) electrons. The van der Waals surface area contributed by atoms with Crippen molar-refractivity contribution in [3.8, 4) is 0 Å². The molecule has 0 aromatic rings. The highest BCUT2D eigenvalue weighted by Crippen LogP contribution is 2.55. The van der Waals surface area contributed by atoms with E-state index in [9.17, 15) is 13.2 Å². The molecule has 2 saturated heterocycles. The van der Waals surface area contributed by atoms with Crippen molar-refractivity contribution in [2.45, 2.75) is 87.9 Å². The number of hydrogen-bond donors (Lipinski definition) is 2. The molecule has 6 rings (SSSR count). The van der Waals surface area contributed by atoms with Crippen LogP contribution in [-0.2, 0) is 10.0 Å². The molecule has 0 aromatic carbocycles. The highest BCUT2D eigenvalue weighted by molar-refractivity contribution is 7.88. The van der Waals surface area contributed by atoms with E-state index in [1.165, 1.54) is 25.5 Å². The summed E-state index contributed by atoms with van der Waals surface area (Å²) in [4.78, 5) is 12.8. The number of piperidine rings is 1. The van der Waals surface area contributed by atoms with Gasteiger partial charge in [0.2, 0.25) is 10.0 Å². The van der Waals surface area contributed by atoms with Gasteiger partial charge in [-0.25, -0.2) is 13.2 Å². The smallest absolute Gasteiger partial charge is 0.315 e. The van der Waals surface area contributed by atoms with Crippen LogP contribution < -0.4 is 10.6 Å². The summed E-state index contributed by atoms with van der Waals surface area (Å²) in [5.74, 6) is 2.45. The van der Waals surface area contributed by atoms with Crippen LogP contribution in [0.15, 0.2) is 0 Å². The lowest BCUT2D eigenvalue weighted by atomic mass is 9.53. The average molecular weight is 382 g/mol. The number of nitrogens with zero attached hydrogens (tertiary/aromatic N) is 1. The second-order valence-corrected chi connectivity index (χ2v) is 11.8. The van der Waals surface area contributed by atoms with Crippen molar-refractivity contribution in [3.05, 3.63) is 0 Å². The Bertz CT molecular complexity index is 658. The second-order valence-electron chi connectivity index (χ2n) is 9.94. The van der Waals surface area contributed by atoms with Gasteiger partial charge in [0.25, 0.3) is 0 Å². The fourth-order valence-electron chi connectivity index (χ4n) is 7.52. The largest absolute Gasteiger partial charge is 0.335 e. The van der Waals surface area contributed by atoms with E-state index in [0.29, 0.717) is 0 Å². The van der Waals surface area contributed by atoms with Gasteiger partial charge in [0.1, 0.15) is 0 Å². The van der Waals surface area contributed by atoms with Crippen LogP contribution in [0.2, 0.25) is 0 Å². The van der Waals surface area contributed by atoms with E-state index in [2.05, 4.69) is 10.6 Å². The normalized spacial score (nSPS) is 47.1. The van der Waals surface area contributed by atoms with Crippen LogP contribution in [0.25, 0.3) is 0 Å². The van der Waals surface area contributed by atoms with Crippen LogP contribution in [0.4, 0.5) is 4.79 Å². The van der Waals surface area contributed by atoms with Crippen LogP contribution in [0.5, 0.6) is 0 Å². The molecule has 4 aliphatic carbocycles. The summed E-state index contributed by atoms with van der Waals surface area (Å²) >= 11 is 0. The molecule has 0 aromatic heterocycles. The van der Waals surface area contributed by atoms with Crippen LogP contribution in [0.1, 0.15) is 64.2 Å². The highest BCUT2D eigenvalue weighted by atomic mass is 32.2. The summed E-state index contributed by atoms with van der Waals surface area (Å²) in [6.07, 6.45) is 12.2. The van der Waals surface area contributed by atoms with Crippen molar-refractivity contribution in [2.24, 2.45) is 17.8 Å². The monoisotopic (exact) mass is 381 g/mol. The highest BCUT2D eigenvalue weighted by Gasteiger charge is 2.52.